The number of phosphoric acid groups is 2. The van der Waals surface area contributed by atoms with E-state index in [0.717, 1.165) is 148 Å². The summed E-state index contributed by atoms with van der Waals surface area (Å²) in [5, 5.41) is 10.6. The van der Waals surface area contributed by atoms with E-state index in [1.807, 2.05) is 24.3 Å². The van der Waals surface area contributed by atoms with Crippen LogP contribution in [-0.4, -0.2) is 96.7 Å². The average Bonchev–Trinajstić information content (AvgIpc) is 0.930. The van der Waals surface area contributed by atoms with E-state index in [1.165, 1.54) is 57.8 Å². The van der Waals surface area contributed by atoms with E-state index in [0.29, 0.717) is 38.5 Å². The number of carbonyl (C=O) groups is 4. The predicted molar refractivity (Wildman–Crippen MR) is 427 cm³/mol. The highest BCUT2D eigenvalue weighted by Crippen LogP contribution is 2.45. The number of rotatable bonds is 73. The Morgan fingerprint density at radius 2 is 0.510 bits per heavy atom. The van der Waals surface area contributed by atoms with Crippen molar-refractivity contribution in [1.29, 1.82) is 0 Å². The fourth-order valence-corrected chi connectivity index (χ4v) is 11.6. The second-order valence-electron chi connectivity index (χ2n) is 25.9. The minimum atomic E-state index is -5.01. The van der Waals surface area contributed by atoms with Gasteiger partial charge >= 0.3 is 39.5 Å². The van der Waals surface area contributed by atoms with Gasteiger partial charge in [-0.3, -0.25) is 37.3 Å². The van der Waals surface area contributed by atoms with Crippen LogP contribution < -0.4 is 0 Å². The Hall–Kier alpha value is -5.32. The predicted octanol–water partition coefficient (Wildman–Crippen LogP) is 23.2. The van der Waals surface area contributed by atoms with Gasteiger partial charge in [-0.15, -0.1) is 0 Å². The molecule has 0 saturated carbocycles. The summed E-state index contributed by atoms with van der Waals surface area (Å²) in [6.07, 6.45) is 88.1. The van der Waals surface area contributed by atoms with Crippen LogP contribution in [0, 0.1) is 0 Å². The second kappa shape index (κ2) is 75.9. The molecule has 0 bridgehead atoms. The van der Waals surface area contributed by atoms with E-state index in [2.05, 4.69) is 161 Å². The van der Waals surface area contributed by atoms with Crippen LogP contribution in [0.15, 0.2) is 158 Å². The minimum Gasteiger partial charge on any atom is -0.462 e. The van der Waals surface area contributed by atoms with Crippen molar-refractivity contribution in [3.63, 3.8) is 0 Å². The summed E-state index contributed by atoms with van der Waals surface area (Å²) in [4.78, 5) is 72.9. The summed E-state index contributed by atoms with van der Waals surface area (Å²) in [7, 11) is -10.00. The van der Waals surface area contributed by atoms with E-state index < -0.39 is 97.5 Å². The summed E-state index contributed by atoms with van der Waals surface area (Å²) >= 11 is 0. The molecule has 0 aromatic carbocycles. The Labute approximate surface area is 629 Å². The molecule has 19 heteroatoms. The largest absolute Gasteiger partial charge is 0.472 e. The van der Waals surface area contributed by atoms with Crippen LogP contribution in [-0.2, 0) is 65.4 Å². The topological polar surface area (TPSA) is 237 Å². The third kappa shape index (κ3) is 74.9. The molecule has 0 aromatic heterocycles. The molecule has 104 heavy (non-hydrogen) atoms. The van der Waals surface area contributed by atoms with Gasteiger partial charge in [0.25, 0.3) is 0 Å². The molecule has 0 aliphatic carbocycles. The third-order valence-electron chi connectivity index (χ3n) is 16.0. The number of phosphoric ester groups is 2. The molecule has 0 aromatic rings. The maximum absolute atomic E-state index is 13.1. The molecular formula is C85H140O17P2. The summed E-state index contributed by atoms with van der Waals surface area (Å²) in [5.41, 5.74) is 0. The summed E-state index contributed by atoms with van der Waals surface area (Å²) in [6.45, 7) is 4.46. The van der Waals surface area contributed by atoms with Gasteiger partial charge in [-0.25, -0.2) is 9.13 Å². The zero-order chi connectivity index (χ0) is 76.0. The quantitative estimate of drug-likeness (QED) is 0.0169. The van der Waals surface area contributed by atoms with E-state index in [9.17, 15) is 43.2 Å². The van der Waals surface area contributed by atoms with Crippen molar-refractivity contribution in [2.24, 2.45) is 0 Å². The lowest BCUT2D eigenvalue weighted by atomic mass is 10.1. The molecule has 3 N–H and O–H groups in total. The molecule has 0 amide bonds. The lowest BCUT2D eigenvalue weighted by Gasteiger charge is -2.21. The first-order chi connectivity index (χ1) is 50.7. The van der Waals surface area contributed by atoms with Crippen molar-refractivity contribution in [2.75, 3.05) is 39.6 Å². The second-order valence-corrected chi connectivity index (χ2v) is 28.8. The maximum Gasteiger partial charge on any atom is 0.472 e. The molecule has 5 unspecified atom stereocenters. The first-order valence-corrected chi connectivity index (χ1v) is 42.7. The van der Waals surface area contributed by atoms with E-state index in [4.69, 9.17) is 37.0 Å². The van der Waals surface area contributed by atoms with Crippen molar-refractivity contribution >= 4 is 39.5 Å². The molecule has 0 spiro atoms. The van der Waals surface area contributed by atoms with Crippen molar-refractivity contribution in [3.05, 3.63) is 158 Å². The Balaban J connectivity index is 5.44. The van der Waals surface area contributed by atoms with Crippen LogP contribution in [0.3, 0.4) is 0 Å². The first kappa shape index (κ1) is 98.7. The summed E-state index contributed by atoms with van der Waals surface area (Å²) in [5.74, 6) is -2.33. The van der Waals surface area contributed by atoms with Gasteiger partial charge in [0.05, 0.1) is 26.4 Å². The highest BCUT2D eigenvalue weighted by Gasteiger charge is 2.30. The zero-order valence-corrected chi connectivity index (χ0v) is 66.4. The highest BCUT2D eigenvalue weighted by atomic mass is 31.2. The number of esters is 4. The van der Waals surface area contributed by atoms with E-state index in [1.54, 1.807) is 0 Å². The molecule has 0 saturated heterocycles. The molecule has 0 rings (SSSR count). The molecule has 0 radical (unpaired) electrons. The molecule has 0 aliphatic rings. The molecule has 17 nitrogen and oxygen atoms in total. The van der Waals surface area contributed by atoms with Crippen molar-refractivity contribution in [1.82, 2.24) is 0 Å². The van der Waals surface area contributed by atoms with Crippen molar-refractivity contribution in [2.45, 2.75) is 316 Å². The average molecular weight is 1500 g/mol. The maximum atomic E-state index is 13.1. The van der Waals surface area contributed by atoms with Crippen LogP contribution in [0.1, 0.15) is 297 Å². The van der Waals surface area contributed by atoms with Crippen LogP contribution in [0.2, 0.25) is 0 Å². The van der Waals surface area contributed by atoms with Gasteiger partial charge in [0.15, 0.2) is 12.2 Å². The Kier molecular flexibility index (Phi) is 72.0. The SMILES string of the molecule is CC/C=C\C/C=C\C/C=C\C/C=C\C/C=C\CCCC(=O)OCC(COP(=O)(O)OCC(O)COP(=O)(O)OCC(COC(=O)CCCCCCCC/C=C\C/C=C\C/C=C\CCCCC)OC(=O)CCCCCCCCCCCCC)OC(=O)CCC/C=C\C/C=C\C/C=C\C/C=C\C/C=C\CC. The van der Waals surface area contributed by atoms with E-state index in [-0.39, 0.29) is 25.7 Å². The van der Waals surface area contributed by atoms with Gasteiger partial charge in [-0.05, 0) is 141 Å². The van der Waals surface area contributed by atoms with E-state index >= 15 is 0 Å². The normalized spacial score (nSPS) is 14.7. The smallest absolute Gasteiger partial charge is 0.462 e. The fraction of sp³-hybridized carbons (Fsp3) is 0.647. The van der Waals surface area contributed by atoms with Crippen LogP contribution in [0.4, 0.5) is 0 Å². The van der Waals surface area contributed by atoms with Gasteiger partial charge in [0, 0.05) is 25.7 Å². The highest BCUT2D eigenvalue weighted by molar-refractivity contribution is 7.47. The minimum absolute atomic E-state index is 0.000771. The lowest BCUT2D eigenvalue weighted by molar-refractivity contribution is -0.161. The number of hydrogen-bond donors (Lipinski definition) is 3. The molecule has 592 valence electrons. The number of allylic oxidation sites excluding steroid dienone is 26. The Bertz CT molecular complexity index is 2590. The Morgan fingerprint density at radius 1 is 0.279 bits per heavy atom. The summed E-state index contributed by atoms with van der Waals surface area (Å²) < 4.78 is 68.4. The number of ether oxygens (including phenoxy) is 4. The number of aliphatic hydroxyl groups is 1. The lowest BCUT2D eigenvalue weighted by Crippen LogP contribution is -2.30. The molecule has 0 aliphatic heterocycles. The van der Waals surface area contributed by atoms with Gasteiger partial charge in [0.1, 0.15) is 19.3 Å². The monoisotopic (exact) mass is 1490 g/mol. The van der Waals surface area contributed by atoms with Crippen LogP contribution >= 0.6 is 15.6 Å². The number of carbonyl (C=O) groups excluding carboxylic acids is 4. The molecule has 0 fully saturated rings. The van der Waals surface area contributed by atoms with Crippen molar-refractivity contribution in [3.8, 4) is 0 Å². The van der Waals surface area contributed by atoms with Gasteiger partial charge in [-0.1, -0.05) is 288 Å². The summed E-state index contributed by atoms with van der Waals surface area (Å²) in [6, 6.07) is 0. The first-order valence-electron chi connectivity index (χ1n) is 39.7. The van der Waals surface area contributed by atoms with Gasteiger partial charge < -0.3 is 33.8 Å². The number of hydrogen-bond acceptors (Lipinski definition) is 15. The fourth-order valence-electron chi connectivity index (χ4n) is 10.0. The van der Waals surface area contributed by atoms with Gasteiger partial charge in [-0.2, -0.15) is 0 Å². The Morgan fingerprint density at radius 3 is 0.837 bits per heavy atom. The number of aliphatic hydroxyl groups excluding tert-OH is 1. The molecule has 0 heterocycles. The zero-order valence-electron chi connectivity index (χ0n) is 64.6. The number of unbranched alkanes of at least 4 members (excludes halogenated alkanes) is 21. The standard InChI is InChI=1S/C85H140O17P2/c1-5-9-13-17-21-25-29-32-35-38-39-42-44-47-51-54-58-62-66-70-82(87)95-75-80(101-84(89)71-67-63-59-55-49-28-24-20-16-12-8-4)77-99-103(91,92)97-73-79(86)74-98-104(93,94)100-78-81(102-85(90)72-68-64-60-56-52-48-45-41-37-34-31-27-23-19-15-11-7-3)76-96-83(88)69-65-61-57-53-50-46-43-40-36-33-30-26-22-18-14-10-6-2/h10-11,14-15,21-23,25-27,32-37,39,42-43,45-46,48,53,56-57,60,79-81,86H,5-9,12-13,16-20,24,28-31,38,40-41,44,47,49-52,54-55,58-59,61-78H2,1-4H3,(H,91,92)(H,93,94)/b14-10-,15-11-,25-21-,26-22-,27-23-,35-32-,36-33-,37-34-,42-39-,46-43-,48-45-,57-53-,60-56-. The van der Waals surface area contributed by atoms with Crippen LogP contribution in [0.25, 0.3) is 0 Å². The molecule has 5 atom stereocenters. The van der Waals surface area contributed by atoms with Crippen molar-refractivity contribution < 1.29 is 80.2 Å². The van der Waals surface area contributed by atoms with Crippen LogP contribution in [0.5, 0.6) is 0 Å². The molecular weight excluding hydrogens is 1350 g/mol. The van der Waals surface area contributed by atoms with Gasteiger partial charge in [0.2, 0.25) is 0 Å². The third-order valence-corrected chi connectivity index (χ3v) is 17.9.